The normalized spacial score (nSPS) is 11.5. The Labute approximate surface area is 95.9 Å². The smallest absolute Gasteiger partial charge is 0.207 e. The van der Waals surface area contributed by atoms with Gasteiger partial charge in [-0.1, -0.05) is 25.4 Å². The van der Waals surface area contributed by atoms with Gasteiger partial charge in [-0.2, -0.15) is 0 Å². The molecule has 2 aromatic rings. The van der Waals surface area contributed by atoms with Gasteiger partial charge in [0, 0.05) is 0 Å². The maximum atomic E-state index is 6.02. The van der Waals surface area contributed by atoms with Crippen LogP contribution in [0, 0.1) is 0 Å². The van der Waals surface area contributed by atoms with E-state index in [9.17, 15) is 0 Å². The van der Waals surface area contributed by atoms with Gasteiger partial charge in [0.05, 0.1) is 5.39 Å². The first-order chi connectivity index (χ1) is 6.59. The molecule has 0 spiro atoms. The minimum absolute atomic E-state index is 0.208. The summed E-state index contributed by atoms with van der Waals surface area (Å²) < 4.78 is 0. The zero-order valence-corrected chi connectivity index (χ0v) is 10.0. The standard InChI is InChI=1S/C9H8Cl2N2S/c1-4(2)5-3-14-8-6(5)7(10)12-9(11)13-8/h3-4H,1-2H3. The summed E-state index contributed by atoms with van der Waals surface area (Å²) in [6.45, 7) is 4.23. The van der Waals surface area contributed by atoms with Gasteiger partial charge >= 0.3 is 0 Å². The maximum Gasteiger partial charge on any atom is 0.225 e. The second-order valence-corrected chi connectivity index (χ2v) is 4.86. The van der Waals surface area contributed by atoms with Gasteiger partial charge in [-0.15, -0.1) is 11.3 Å². The average molecular weight is 247 g/mol. The van der Waals surface area contributed by atoms with E-state index in [2.05, 4.69) is 29.2 Å². The number of fused-ring (bicyclic) bond motifs is 1. The van der Waals surface area contributed by atoms with Crippen molar-refractivity contribution >= 4 is 44.8 Å². The van der Waals surface area contributed by atoms with E-state index in [-0.39, 0.29) is 5.28 Å². The van der Waals surface area contributed by atoms with E-state index in [1.165, 1.54) is 5.56 Å². The van der Waals surface area contributed by atoms with Crippen LogP contribution in [0.5, 0.6) is 0 Å². The predicted octanol–water partition coefficient (Wildman–Crippen LogP) is 4.12. The fourth-order valence-electron chi connectivity index (χ4n) is 1.32. The molecule has 0 atom stereocenters. The molecule has 14 heavy (non-hydrogen) atoms. The van der Waals surface area contributed by atoms with Crippen molar-refractivity contribution < 1.29 is 0 Å². The Kier molecular flexibility index (Phi) is 2.64. The Morgan fingerprint density at radius 1 is 1.29 bits per heavy atom. The highest BCUT2D eigenvalue weighted by molar-refractivity contribution is 7.17. The highest BCUT2D eigenvalue weighted by Gasteiger charge is 2.13. The summed E-state index contributed by atoms with van der Waals surface area (Å²) in [6, 6.07) is 0. The lowest BCUT2D eigenvalue weighted by atomic mass is 10.1. The third kappa shape index (κ3) is 1.60. The Balaban J connectivity index is 2.79. The fourth-order valence-corrected chi connectivity index (χ4v) is 3.02. The van der Waals surface area contributed by atoms with Crippen LogP contribution in [0.3, 0.4) is 0 Å². The van der Waals surface area contributed by atoms with E-state index in [0.29, 0.717) is 11.1 Å². The Bertz CT molecular complexity index is 479. The van der Waals surface area contributed by atoms with Gasteiger partial charge in [0.25, 0.3) is 0 Å². The maximum absolute atomic E-state index is 6.02. The lowest BCUT2D eigenvalue weighted by molar-refractivity contribution is 0.879. The number of hydrogen-bond donors (Lipinski definition) is 0. The van der Waals surface area contributed by atoms with Crippen molar-refractivity contribution in [1.82, 2.24) is 9.97 Å². The molecule has 0 radical (unpaired) electrons. The quantitative estimate of drug-likeness (QED) is 0.559. The van der Waals surface area contributed by atoms with E-state index in [4.69, 9.17) is 23.2 Å². The highest BCUT2D eigenvalue weighted by Crippen LogP contribution is 2.34. The van der Waals surface area contributed by atoms with Gasteiger partial charge in [0.1, 0.15) is 9.98 Å². The van der Waals surface area contributed by atoms with E-state index in [1.54, 1.807) is 11.3 Å². The molecule has 5 heteroatoms. The van der Waals surface area contributed by atoms with Crippen LogP contribution in [-0.4, -0.2) is 9.97 Å². The third-order valence-electron chi connectivity index (χ3n) is 2.01. The summed E-state index contributed by atoms with van der Waals surface area (Å²) >= 11 is 13.3. The van der Waals surface area contributed by atoms with Crippen LogP contribution in [0.15, 0.2) is 5.38 Å². The first kappa shape index (κ1) is 10.1. The topological polar surface area (TPSA) is 25.8 Å². The molecule has 0 fully saturated rings. The second kappa shape index (κ2) is 3.65. The fraction of sp³-hybridized carbons (Fsp3) is 0.333. The van der Waals surface area contributed by atoms with E-state index in [1.807, 2.05) is 0 Å². The molecule has 2 aromatic heterocycles. The molecule has 2 rings (SSSR count). The molecule has 0 aliphatic heterocycles. The summed E-state index contributed by atoms with van der Waals surface area (Å²) in [6.07, 6.45) is 0. The number of hydrogen-bond acceptors (Lipinski definition) is 3. The second-order valence-electron chi connectivity index (χ2n) is 3.31. The van der Waals surface area contributed by atoms with Crippen LogP contribution < -0.4 is 0 Å². The molecule has 0 aromatic carbocycles. The van der Waals surface area contributed by atoms with Crippen molar-refractivity contribution in [2.24, 2.45) is 0 Å². The van der Waals surface area contributed by atoms with Gasteiger partial charge in [0.15, 0.2) is 0 Å². The zero-order valence-electron chi connectivity index (χ0n) is 7.71. The SMILES string of the molecule is CC(C)c1csc2nc(Cl)nc(Cl)c12. The molecule has 0 amide bonds. The molecule has 0 N–H and O–H groups in total. The third-order valence-corrected chi connectivity index (χ3v) is 3.35. The van der Waals surface area contributed by atoms with Crippen LogP contribution >= 0.6 is 34.5 Å². The summed E-state index contributed by atoms with van der Waals surface area (Å²) in [5, 5.41) is 3.66. The van der Waals surface area contributed by atoms with Crippen molar-refractivity contribution in [2.75, 3.05) is 0 Å². The predicted molar refractivity (Wildman–Crippen MR) is 61.5 cm³/mol. The molecule has 74 valence electrons. The number of aromatic nitrogens is 2. The molecular formula is C9H8Cl2N2S. The largest absolute Gasteiger partial charge is 0.225 e. The molecule has 0 saturated carbocycles. The number of thiophene rings is 1. The summed E-state index contributed by atoms with van der Waals surface area (Å²) in [5.74, 6) is 0.422. The van der Waals surface area contributed by atoms with E-state index < -0.39 is 0 Å². The summed E-state index contributed by atoms with van der Waals surface area (Å²) in [4.78, 5) is 8.93. The number of rotatable bonds is 1. The van der Waals surface area contributed by atoms with Gasteiger partial charge in [0.2, 0.25) is 5.28 Å². The number of nitrogens with zero attached hydrogens (tertiary/aromatic N) is 2. The minimum Gasteiger partial charge on any atom is -0.207 e. The monoisotopic (exact) mass is 246 g/mol. The van der Waals surface area contributed by atoms with Crippen LogP contribution in [0.25, 0.3) is 10.2 Å². The molecule has 0 aliphatic rings. The Morgan fingerprint density at radius 2 is 2.00 bits per heavy atom. The molecule has 0 saturated heterocycles. The van der Waals surface area contributed by atoms with Crippen molar-refractivity contribution in [3.8, 4) is 0 Å². The van der Waals surface area contributed by atoms with E-state index in [0.717, 1.165) is 10.2 Å². The summed E-state index contributed by atoms with van der Waals surface area (Å²) in [5.41, 5.74) is 1.19. The molecule has 0 bridgehead atoms. The lowest BCUT2D eigenvalue weighted by Gasteiger charge is -2.03. The van der Waals surface area contributed by atoms with Gasteiger partial charge in [-0.05, 0) is 28.5 Å². The lowest BCUT2D eigenvalue weighted by Crippen LogP contribution is -1.88. The molecule has 0 aliphatic carbocycles. The van der Waals surface area contributed by atoms with Crippen LogP contribution in [0.2, 0.25) is 10.4 Å². The molecule has 0 unspecified atom stereocenters. The molecule has 2 nitrogen and oxygen atoms in total. The van der Waals surface area contributed by atoms with E-state index >= 15 is 0 Å². The van der Waals surface area contributed by atoms with Crippen molar-refractivity contribution in [3.63, 3.8) is 0 Å². The Hall–Kier alpha value is -0.380. The number of halogens is 2. The highest BCUT2D eigenvalue weighted by atomic mass is 35.5. The van der Waals surface area contributed by atoms with Crippen LogP contribution in [0.1, 0.15) is 25.3 Å². The van der Waals surface area contributed by atoms with Crippen LogP contribution in [-0.2, 0) is 0 Å². The molecule has 2 heterocycles. The van der Waals surface area contributed by atoms with Gasteiger partial charge < -0.3 is 0 Å². The van der Waals surface area contributed by atoms with Crippen molar-refractivity contribution in [3.05, 3.63) is 21.4 Å². The Morgan fingerprint density at radius 3 is 2.64 bits per heavy atom. The van der Waals surface area contributed by atoms with Gasteiger partial charge in [-0.25, -0.2) is 9.97 Å². The molecular weight excluding hydrogens is 239 g/mol. The minimum atomic E-state index is 0.208. The van der Waals surface area contributed by atoms with Crippen molar-refractivity contribution in [2.45, 2.75) is 19.8 Å². The first-order valence-corrected chi connectivity index (χ1v) is 5.83. The van der Waals surface area contributed by atoms with Crippen molar-refractivity contribution in [1.29, 1.82) is 0 Å². The summed E-state index contributed by atoms with van der Waals surface area (Å²) in [7, 11) is 0. The van der Waals surface area contributed by atoms with Gasteiger partial charge in [-0.3, -0.25) is 0 Å². The zero-order chi connectivity index (χ0) is 10.3. The average Bonchev–Trinajstić information content (AvgIpc) is 2.47. The van der Waals surface area contributed by atoms with Crippen LogP contribution in [0.4, 0.5) is 0 Å². The first-order valence-electron chi connectivity index (χ1n) is 4.19.